The van der Waals surface area contributed by atoms with E-state index in [-0.39, 0.29) is 24.0 Å². The van der Waals surface area contributed by atoms with E-state index in [0.29, 0.717) is 12.5 Å². The second kappa shape index (κ2) is 9.61. The molecular weight excluding hydrogens is 339 g/mol. The van der Waals surface area contributed by atoms with E-state index in [1.807, 2.05) is 6.92 Å². The Labute approximate surface area is 128 Å². The van der Waals surface area contributed by atoms with Crippen LogP contribution in [0.2, 0.25) is 0 Å². The van der Waals surface area contributed by atoms with Crippen molar-refractivity contribution in [1.82, 2.24) is 10.2 Å². The number of guanidine groups is 1. The number of nitrogens with zero attached hydrogens (tertiary/aromatic N) is 2. The predicted octanol–water partition coefficient (Wildman–Crippen LogP) is 1.82. The molecule has 1 saturated heterocycles. The predicted molar refractivity (Wildman–Crippen MR) is 89.6 cm³/mol. The van der Waals surface area contributed by atoms with Crippen molar-refractivity contribution in [2.75, 3.05) is 33.2 Å². The summed E-state index contributed by atoms with van der Waals surface area (Å²) in [5, 5.41) is 3.17. The maximum absolute atomic E-state index is 5.75. The summed E-state index contributed by atoms with van der Waals surface area (Å²) in [6, 6.07) is 0. The minimum Gasteiger partial charge on any atom is -0.370 e. The summed E-state index contributed by atoms with van der Waals surface area (Å²) in [6.45, 7) is 9.75. The number of aliphatic imine (C=N–C) groups is 1. The van der Waals surface area contributed by atoms with Gasteiger partial charge < -0.3 is 16.0 Å². The van der Waals surface area contributed by atoms with E-state index in [9.17, 15) is 0 Å². The summed E-state index contributed by atoms with van der Waals surface area (Å²) in [5.41, 5.74) is 6.78. The summed E-state index contributed by atoms with van der Waals surface area (Å²) in [6.07, 6.45) is 3.80. The topological polar surface area (TPSA) is 53.6 Å². The first-order valence-electron chi connectivity index (χ1n) is 6.44. The van der Waals surface area contributed by atoms with Gasteiger partial charge in [0.2, 0.25) is 0 Å². The normalized spacial score (nSPS) is 18.2. The molecule has 0 aliphatic carbocycles. The van der Waals surface area contributed by atoms with Crippen molar-refractivity contribution in [2.45, 2.75) is 26.2 Å². The lowest BCUT2D eigenvalue weighted by Gasteiger charge is -2.28. The van der Waals surface area contributed by atoms with Crippen LogP contribution in [0.15, 0.2) is 17.1 Å². The Balaban J connectivity index is 0.00000289. The first-order valence-corrected chi connectivity index (χ1v) is 6.44. The fraction of sp³-hybridized carbons (Fsp3) is 0.769. The molecule has 5 heteroatoms. The van der Waals surface area contributed by atoms with Crippen molar-refractivity contribution in [3.63, 3.8) is 0 Å². The molecule has 0 spiro atoms. The third kappa shape index (κ3) is 7.92. The van der Waals surface area contributed by atoms with Gasteiger partial charge in [-0.2, -0.15) is 0 Å². The second-order valence-corrected chi connectivity index (χ2v) is 5.12. The molecule has 106 valence electrons. The smallest absolute Gasteiger partial charge is 0.188 e. The first kappa shape index (κ1) is 17.7. The molecular formula is C13H27IN4. The van der Waals surface area contributed by atoms with Crippen LogP contribution >= 0.6 is 24.0 Å². The van der Waals surface area contributed by atoms with Crippen molar-refractivity contribution >= 4 is 29.9 Å². The largest absolute Gasteiger partial charge is 0.370 e. The van der Waals surface area contributed by atoms with Crippen molar-refractivity contribution in [1.29, 1.82) is 0 Å². The van der Waals surface area contributed by atoms with Crippen LogP contribution in [0.3, 0.4) is 0 Å². The molecule has 0 saturated carbocycles. The van der Waals surface area contributed by atoms with E-state index in [1.165, 1.54) is 32.4 Å². The highest BCUT2D eigenvalue weighted by Crippen LogP contribution is 2.18. The molecule has 0 aromatic carbocycles. The third-order valence-electron chi connectivity index (χ3n) is 3.22. The van der Waals surface area contributed by atoms with Gasteiger partial charge in [-0.05, 0) is 52.2 Å². The number of halogens is 1. The standard InChI is InChI=1S/C13H26N4.HI/c1-11(2)10-16-13(14)15-7-4-12-5-8-17(3)9-6-12;/h12H,1,4-10H2,2-3H3,(H3,14,15,16);1H. The molecule has 4 nitrogen and oxygen atoms in total. The zero-order chi connectivity index (χ0) is 12.7. The van der Waals surface area contributed by atoms with E-state index < -0.39 is 0 Å². The van der Waals surface area contributed by atoms with E-state index >= 15 is 0 Å². The molecule has 1 aliphatic rings. The van der Waals surface area contributed by atoms with Crippen LogP contribution in [-0.4, -0.2) is 44.1 Å². The molecule has 1 heterocycles. The van der Waals surface area contributed by atoms with Gasteiger partial charge in [-0.3, -0.25) is 0 Å². The molecule has 1 fully saturated rings. The van der Waals surface area contributed by atoms with Gasteiger partial charge in [-0.1, -0.05) is 12.2 Å². The van der Waals surface area contributed by atoms with Gasteiger partial charge in [-0.25, -0.2) is 4.99 Å². The average molecular weight is 366 g/mol. The SMILES string of the molecule is C=C(C)CN=C(N)NCCC1CCN(C)CC1.I. The average Bonchev–Trinajstić information content (AvgIpc) is 2.29. The van der Waals surface area contributed by atoms with Crippen LogP contribution in [0, 0.1) is 5.92 Å². The zero-order valence-electron chi connectivity index (χ0n) is 11.6. The Hall–Kier alpha value is -0.300. The maximum atomic E-state index is 5.75. The zero-order valence-corrected chi connectivity index (χ0v) is 13.9. The van der Waals surface area contributed by atoms with Gasteiger partial charge in [-0.15, -0.1) is 24.0 Å². The van der Waals surface area contributed by atoms with E-state index in [4.69, 9.17) is 5.73 Å². The second-order valence-electron chi connectivity index (χ2n) is 5.12. The summed E-state index contributed by atoms with van der Waals surface area (Å²) in [5.74, 6) is 1.38. The van der Waals surface area contributed by atoms with Crippen molar-refractivity contribution in [2.24, 2.45) is 16.6 Å². The quantitative estimate of drug-likeness (QED) is 0.338. The Bertz CT molecular complexity index is 270. The number of piperidine rings is 1. The Morgan fingerprint density at radius 2 is 2.06 bits per heavy atom. The van der Waals surface area contributed by atoms with Crippen molar-refractivity contribution < 1.29 is 0 Å². The molecule has 1 rings (SSSR count). The van der Waals surface area contributed by atoms with Crippen LogP contribution in [-0.2, 0) is 0 Å². The van der Waals surface area contributed by atoms with Crippen LogP contribution in [0.5, 0.6) is 0 Å². The molecule has 0 bridgehead atoms. The molecule has 0 aromatic heterocycles. The Morgan fingerprint density at radius 3 is 2.61 bits per heavy atom. The van der Waals surface area contributed by atoms with Gasteiger partial charge in [0.15, 0.2) is 5.96 Å². The van der Waals surface area contributed by atoms with E-state index in [1.54, 1.807) is 0 Å². The van der Waals surface area contributed by atoms with Gasteiger partial charge in [0.05, 0.1) is 6.54 Å². The highest BCUT2D eigenvalue weighted by atomic mass is 127. The number of nitrogens with two attached hydrogens (primary N) is 1. The highest BCUT2D eigenvalue weighted by molar-refractivity contribution is 14.0. The molecule has 0 unspecified atom stereocenters. The fourth-order valence-electron chi connectivity index (χ4n) is 2.03. The lowest BCUT2D eigenvalue weighted by atomic mass is 9.94. The molecule has 0 atom stereocenters. The van der Waals surface area contributed by atoms with Gasteiger partial charge >= 0.3 is 0 Å². The molecule has 0 aromatic rings. The van der Waals surface area contributed by atoms with Crippen molar-refractivity contribution in [3.8, 4) is 0 Å². The Kier molecular flexibility index (Phi) is 9.45. The minimum atomic E-state index is 0. The molecule has 0 amide bonds. The van der Waals surface area contributed by atoms with Gasteiger partial charge in [0, 0.05) is 6.54 Å². The molecule has 1 aliphatic heterocycles. The first-order chi connectivity index (χ1) is 8.08. The monoisotopic (exact) mass is 366 g/mol. The fourth-order valence-corrected chi connectivity index (χ4v) is 2.03. The van der Waals surface area contributed by atoms with E-state index in [0.717, 1.165) is 18.0 Å². The summed E-state index contributed by atoms with van der Waals surface area (Å²) in [4.78, 5) is 6.59. The van der Waals surface area contributed by atoms with E-state index in [2.05, 4.69) is 28.8 Å². The summed E-state index contributed by atoms with van der Waals surface area (Å²) in [7, 11) is 2.19. The number of hydrogen-bond donors (Lipinski definition) is 2. The summed E-state index contributed by atoms with van der Waals surface area (Å²) >= 11 is 0. The third-order valence-corrected chi connectivity index (χ3v) is 3.22. The molecule has 0 radical (unpaired) electrons. The van der Waals surface area contributed by atoms with Gasteiger partial charge in [0.25, 0.3) is 0 Å². The minimum absolute atomic E-state index is 0. The van der Waals surface area contributed by atoms with Crippen LogP contribution in [0.1, 0.15) is 26.2 Å². The highest BCUT2D eigenvalue weighted by Gasteiger charge is 2.15. The number of likely N-dealkylation sites (tertiary alicyclic amines) is 1. The summed E-state index contributed by atoms with van der Waals surface area (Å²) < 4.78 is 0. The number of rotatable bonds is 5. The maximum Gasteiger partial charge on any atom is 0.188 e. The molecule has 18 heavy (non-hydrogen) atoms. The van der Waals surface area contributed by atoms with Crippen LogP contribution < -0.4 is 11.1 Å². The molecule has 3 N–H and O–H groups in total. The van der Waals surface area contributed by atoms with Crippen LogP contribution in [0.4, 0.5) is 0 Å². The number of nitrogens with one attached hydrogen (secondary N) is 1. The lowest BCUT2D eigenvalue weighted by molar-refractivity contribution is 0.213. The van der Waals surface area contributed by atoms with Crippen molar-refractivity contribution in [3.05, 3.63) is 12.2 Å². The number of hydrogen-bond acceptors (Lipinski definition) is 2. The Morgan fingerprint density at radius 1 is 1.44 bits per heavy atom. The van der Waals surface area contributed by atoms with Gasteiger partial charge in [0.1, 0.15) is 0 Å². The van der Waals surface area contributed by atoms with Crippen LogP contribution in [0.25, 0.3) is 0 Å². The lowest BCUT2D eigenvalue weighted by Crippen LogP contribution is -2.35.